The molecule has 98 valence electrons. The van der Waals surface area contributed by atoms with E-state index in [1.54, 1.807) is 0 Å². The van der Waals surface area contributed by atoms with Crippen molar-refractivity contribution in [3.8, 4) is 12.1 Å². The summed E-state index contributed by atoms with van der Waals surface area (Å²) in [4.78, 5) is 2.95. The fourth-order valence-electron chi connectivity index (χ4n) is 3.41. The van der Waals surface area contributed by atoms with Crippen molar-refractivity contribution in [2.24, 2.45) is 16.6 Å². The van der Waals surface area contributed by atoms with Gasteiger partial charge in [-0.25, -0.2) is 4.99 Å². The second-order valence-corrected chi connectivity index (χ2v) is 5.32. The molecule has 2 aliphatic heterocycles. The van der Waals surface area contributed by atoms with E-state index in [9.17, 15) is 10.5 Å². The van der Waals surface area contributed by atoms with Crippen LogP contribution in [-0.2, 0) is 9.47 Å². The molecule has 3 aliphatic rings. The summed E-state index contributed by atoms with van der Waals surface area (Å²) in [7, 11) is 0. The number of hydrogen-bond donors (Lipinski definition) is 2. The van der Waals surface area contributed by atoms with Crippen LogP contribution in [0.5, 0.6) is 0 Å². The molecule has 1 saturated heterocycles. The molecule has 0 aromatic heterocycles. The van der Waals surface area contributed by atoms with Crippen LogP contribution in [0.2, 0.25) is 0 Å². The molecular weight excluding hydrogens is 244 g/mol. The Hall–Kier alpha value is -1.89. The average molecular weight is 259 g/mol. The Morgan fingerprint density at radius 1 is 1.32 bits per heavy atom. The lowest BCUT2D eigenvalue weighted by atomic mass is 9.57. The molecular formula is C13H15N4O2+. The molecule has 3 N–H and O–H groups in total. The van der Waals surface area contributed by atoms with E-state index in [0.717, 1.165) is 5.57 Å². The van der Waals surface area contributed by atoms with E-state index in [0.29, 0.717) is 26.1 Å². The molecule has 1 fully saturated rings. The molecule has 1 aliphatic carbocycles. The minimum atomic E-state index is -1.29. The number of amidine groups is 1. The molecule has 1 spiro atoms. The third-order valence-corrected chi connectivity index (χ3v) is 4.43. The monoisotopic (exact) mass is 259 g/mol. The topological polar surface area (TPSA) is 106 Å². The van der Waals surface area contributed by atoms with Gasteiger partial charge in [-0.3, -0.25) is 5.73 Å². The van der Waals surface area contributed by atoms with Gasteiger partial charge in [0.05, 0.1) is 25.4 Å². The van der Waals surface area contributed by atoms with E-state index in [2.05, 4.69) is 17.1 Å². The van der Waals surface area contributed by atoms with Crippen LogP contribution in [0.15, 0.2) is 11.6 Å². The summed E-state index contributed by atoms with van der Waals surface area (Å²) in [5.41, 5.74) is 4.86. The molecule has 6 nitrogen and oxygen atoms in total. The maximum atomic E-state index is 9.78. The van der Waals surface area contributed by atoms with Crippen molar-refractivity contribution in [3.05, 3.63) is 11.6 Å². The normalized spacial score (nSPS) is 39.1. The molecule has 0 bridgehead atoms. The van der Waals surface area contributed by atoms with Crippen LogP contribution in [0.1, 0.15) is 19.8 Å². The highest BCUT2D eigenvalue weighted by atomic mass is 16.8. The van der Waals surface area contributed by atoms with Gasteiger partial charge < -0.3 is 9.47 Å². The molecule has 0 unspecified atom stereocenters. The van der Waals surface area contributed by atoms with E-state index in [1.807, 2.05) is 13.0 Å². The number of allylic oxidation sites excluding steroid dienone is 2. The van der Waals surface area contributed by atoms with Gasteiger partial charge in [0.15, 0.2) is 10.8 Å². The number of nitrogens with two attached hydrogens (primary N) is 1. The first-order valence-corrected chi connectivity index (χ1v) is 6.23. The van der Waals surface area contributed by atoms with Gasteiger partial charge >= 0.3 is 5.91 Å². The largest absolute Gasteiger partial charge is 0.343 e. The number of nitriles is 2. The zero-order chi connectivity index (χ0) is 13.7. The second kappa shape index (κ2) is 3.57. The summed E-state index contributed by atoms with van der Waals surface area (Å²) in [6.07, 6.45) is 2.77. The SMILES string of the molecule is CC1=CC[C@]2(C#N)C3([NH+]=C(N)[C@]2(C#N)C1)OCCO3. The van der Waals surface area contributed by atoms with Crippen molar-refractivity contribution in [1.82, 2.24) is 0 Å². The molecule has 0 aromatic rings. The summed E-state index contributed by atoms with van der Waals surface area (Å²) in [5.74, 6) is -1.02. The Morgan fingerprint density at radius 2 is 2.00 bits per heavy atom. The lowest BCUT2D eigenvalue weighted by Crippen LogP contribution is -2.89. The van der Waals surface area contributed by atoms with Crippen LogP contribution < -0.4 is 10.7 Å². The standard InChI is InChI=1S/C13H14N4O2/c1-9-2-3-12(8-15)11(6-9,7-14)10(16)17-13(12)18-4-5-19-13/h2H,3-6H2,1H3,(H2,16,17)/p+1/t11-,12-/m1/s1. The maximum Gasteiger partial charge on any atom is 0.343 e. The first-order valence-electron chi connectivity index (χ1n) is 6.23. The van der Waals surface area contributed by atoms with Crippen LogP contribution in [0.4, 0.5) is 0 Å². The zero-order valence-electron chi connectivity index (χ0n) is 10.7. The van der Waals surface area contributed by atoms with Crippen LogP contribution in [0.25, 0.3) is 0 Å². The second-order valence-electron chi connectivity index (χ2n) is 5.32. The van der Waals surface area contributed by atoms with Crippen LogP contribution >= 0.6 is 0 Å². The van der Waals surface area contributed by atoms with Crippen molar-refractivity contribution in [2.75, 3.05) is 13.2 Å². The van der Waals surface area contributed by atoms with Gasteiger partial charge in [-0.05, 0) is 13.3 Å². The quantitative estimate of drug-likeness (QED) is 0.537. The van der Waals surface area contributed by atoms with Gasteiger partial charge in [-0.15, -0.1) is 0 Å². The van der Waals surface area contributed by atoms with E-state index in [4.69, 9.17) is 15.2 Å². The van der Waals surface area contributed by atoms with Gasteiger partial charge in [-0.1, -0.05) is 11.6 Å². The van der Waals surface area contributed by atoms with Crippen LogP contribution in [-0.4, -0.2) is 25.0 Å². The smallest absolute Gasteiger partial charge is 0.311 e. The Morgan fingerprint density at radius 3 is 2.58 bits per heavy atom. The molecule has 3 rings (SSSR count). The van der Waals surface area contributed by atoms with Crippen molar-refractivity contribution >= 4 is 5.84 Å². The highest BCUT2D eigenvalue weighted by molar-refractivity contribution is 5.88. The summed E-state index contributed by atoms with van der Waals surface area (Å²) in [6, 6.07) is 4.53. The van der Waals surface area contributed by atoms with Gasteiger partial charge in [-0.2, -0.15) is 10.5 Å². The molecule has 0 radical (unpaired) electrons. The Bertz CT molecular complexity index is 576. The predicted molar refractivity (Wildman–Crippen MR) is 63.9 cm³/mol. The first-order chi connectivity index (χ1) is 9.06. The molecule has 2 heterocycles. The van der Waals surface area contributed by atoms with Crippen molar-refractivity contribution in [2.45, 2.75) is 25.7 Å². The van der Waals surface area contributed by atoms with Gasteiger partial charge in [0.25, 0.3) is 5.84 Å². The number of fused-ring (bicyclic) bond motifs is 2. The maximum absolute atomic E-state index is 9.78. The summed E-state index contributed by atoms with van der Waals surface area (Å²) >= 11 is 0. The zero-order valence-corrected chi connectivity index (χ0v) is 10.7. The minimum Gasteiger partial charge on any atom is -0.311 e. The molecule has 6 heteroatoms. The Kier molecular flexibility index (Phi) is 2.28. The number of rotatable bonds is 0. The number of nitrogens with one attached hydrogen (secondary N) is 1. The van der Waals surface area contributed by atoms with E-state index < -0.39 is 16.7 Å². The minimum absolute atomic E-state index is 0.269. The molecule has 0 amide bonds. The first kappa shape index (κ1) is 12.2. The van der Waals surface area contributed by atoms with E-state index in [-0.39, 0.29) is 5.84 Å². The van der Waals surface area contributed by atoms with Gasteiger partial charge in [0, 0.05) is 6.42 Å². The lowest BCUT2D eigenvalue weighted by Gasteiger charge is -2.41. The Labute approximate surface area is 111 Å². The fraction of sp³-hybridized carbons (Fsp3) is 0.615. The molecule has 0 aromatic carbocycles. The fourth-order valence-corrected chi connectivity index (χ4v) is 3.41. The van der Waals surface area contributed by atoms with Gasteiger partial charge in [0.2, 0.25) is 0 Å². The van der Waals surface area contributed by atoms with Crippen molar-refractivity contribution < 1.29 is 14.5 Å². The van der Waals surface area contributed by atoms with Crippen molar-refractivity contribution in [1.29, 1.82) is 10.5 Å². The number of hydrogen-bond acceptors (Lipinski definition) is 5. The molecule has 0 saturated carbocycles. The summed E-state index contributed by atoms with van der Waals surface area (Å²) < 4.78 is 11.3. The highest BCUT2D eigenvalue weighted by Gasteiger charge is 2.78. The third kappa shape index (κ3) is 1.14. The van der Waals surface area contributed by atoms with Crippen LogP contribution in [0.3, 0.4) is 0 Å². The van der Waals surface area contributed by atoms with E-state index >= 15 is 0 Å². The lowest BCUT2D eigenvalue weighted by molar-refractivity contribution is -0.679. The van der Waals surface area contributed by atoms with Crippen molar-refractivity contribution in [3.63, 3.8) is 0 Å². The highest BCUT2D eigenvalue weighted by Crippen LogP contribution is 2.57. The molecule has 2 atom stereocenters. The molecule has 19 heavy (non-hydrogen) atoms. The van der Waals surface area contributed by atoms with E-state index in [1.165, 1.54) is 0 Å². The third-order valence-electron chi connectivity index (χ3n) is 4.43. The van der Waals surface area contributed by atoms with Crippen LogP contribution in [0, 0.1) is 33.5 Å². The number of ether oxygens (including phenoxy) is 2. The Balaban J connectivity index is 2.26. The average Bonchev–Trinajstić information content (AvgIpc) is 2.95. The van der Waals surface area contributed by atoms with Gasteiger partial charge in [0.1, 0.15) is 0 Å². The predicted octanol–water partition coefficient (Wildman–Crippen LogP) is -1.10. The summed E-state index contributed by atoms with van der Waals surface area (Å²) in [5, 5.41) is 19.5. The number of nitrogens with zero attached hydrogens (tertiary/aromatic N) is 2. The summed E-state index contributed by atoms with van der Waals surface area (Å²) in [6.45, 7) is 2.71.